The molecule has 0 unspecified atom stereocenters. The molecule has 0 fully saturated rings. The molecule has 1 heterocycles. The zero-order valence-corrected chi connectivity index (χ0v) is 11.5. The standard InChI is InChI=1S/C15H15NO4/c1-9(17)14-8-13(10(2)20-14)15(18)16-11-4-6-12(19-3)7-5-11/h4-8H,1-3H3,(H,16,18). The van der Waals surface area contributed by atoms with Crippen LogP contribution in [0.1, 0.15) is 33.6 Å². The highest BCUT2D eigenvalue weighted by Gasteiger charge is 2.17. The lowest BCUT2D eigenvalue weighted by molar-refractivity contribution is 0.0983. The van der Waals surface area contributed by atoms with Crippen LogP contribution >= 0.6 is 0 Å². The summed E-state index contributed by atoms with van der Waals surface area (Å²) in [6.45, 7) is 3.04. The van der Waals surface area contributed by atoms with Gasteiger partial charge in [0, 0.05) is 18.7 Å². The lowest BCUT2D eigenvalue weighted by Gasteiger charge is -2.05. The minimum absolute atomic E-state index is 0.183. The summed E-state index contributed by atoms with van der Waals surface area (Å²) in [5, 5.41) is 2.74. The molecule has 5 nitrogen and oxygen atoms in total. The lowest BCUT2D eigenvalue weighted by Crippen LogP contribution is -2.12. The molecule has 0 saturated heterocycles. The summed E-state index contributed by atoms with van der Waals surface area (Å²) in [5.41, 5.74) is 0.992. The van der Waals surface area contributed by atoms with Gasteiger partial charge in [-0.05, 0) is 31.2 Å². The van der Waals surface area contributed by atoms with Crippen molar-refractivity contribution in [2.24, 2.45) is 0 Å². The zero-order chi connectivity index (χ0) is 14.7. The third-order valence-corrected chi connectivity index (χ3v) is 2.86. The number of carbonyl (C=O) groups is 2. The lowest BCUT2D eigenvalue weighted by atomic mass is 10.2. The third-order valence-electron chi connectivity index (χ3n) is 2.86. The highest BCUT2D eigenvalue weighted by Crippen LogP contribution is 2.19. The summed E-state index contributed by atoms with van der Waals surface area (Å²) in [5.74, 6) is 0.783. The van der Waals surface area contributed by atoms with Crippen molar-refractivity contribution in [3.63, 3.8) is 0 Å². The molecule has 0 aliphatic carbocycles. The molecule has 1 N–H and O–H groups in total. The number of rotatable bonds is 4. The van der Waals surface area contributed by atoms with E-state index in [4.69, 9.17) is 9.15 Å². The number of ketones is 1. The summed E-state index contributed by atoms with van der Waals surface area (Å²) in [6, 6.07) is 8.42. The van der Waals surface area contributed by atoms with E-state index in [-0.39, 0.29) is 17.5 Å². The maximum absolute atomic E-state index is 12.1. The second-order valence-electron chi connectivity index (χ2n) is 4.32. The smallest absolute Gasteiger partial charge is 0.259 e. The van der Waals surface area contributed by atoms with Crippen molar-refractivity contribution < 1.29 is 18.7 Å². The number of benzene rings is 1. The second-order valence-corrected chi connectivity index (χ2v) is 4.32. The maximum atomic E-state index is 12.1. The maximum Gasteiger partial charge on any atom is 0.259 e. The van der Waals surface area contributed by atoms with E-state index >= 15 is 0 Å². The molecule has 104 valence electrons. The summed E-state index contributed by atoms with van der Waals surface area (Å²) in [7, 11) is 1.58. The average molecular weight is 273 g/mol. The van der Waals surface area contributed by atoms with Crippen molar-refractivity contribution in [3.05, 3.63) is 47.4 Å². The van der Waals surface area contributed by atoms with Gasteiger partial charge in [0.05, 0.1) is 12.7 Å². The van der Waals surface area contributed by atoms with E-state index in [9.17, 15) is 9.59 Å². The highest BCUT2D eigenvalue weighted by molar-refractivity contribution is 6.06. The third kappa shape index (κ3) is 2.88. The Hall–Kier alpha value is -2.56. The van der Waals surface area contributed by atoms with E-state index in [1.54, 1.807) is 38.3 Å². The number of methoxy groups -OCH3 is 1. The molecule has 2 aromatic rings. The monoisotopic (exact) mass is 273 g/mol. The van der Waals surface area contributed by atoms with Crippen LogP contribution in [0.5, 0.6) is 5.75 Å². The van der Waals surface area contributed by atoms with E-state index < -0.39 is 0 Å². The first kappa shape index (κ1) is 13.9. The summed E-state index contributed by atoms with van der Waals surface area (Å²) in [4.78, 5) is 23.3. The molecule has 0 atom stereocenters. The largest absolute Gasteiger partial charge is 0.497 e. The van der Waals surface area contributed by atoms with Crippen LogP contribution in [0.3, 0.4) is 0 Å². The van der Waals surface area contributed by atoms with Crippen molar-refractivity contribution in [1.82, 2.24) is 0 Å². The van der Waals surface area contributed by atoms with Gasteiger partial charge in [0.25, 0.3) is 5.91 Å². The van der Waals surface area contributed by atoms with Crippen LogP contribution in [0.4, 0.5) is 5.69 Å². The number of aryl methyl sites for hydroxylation is 1. The number of Topliss-reactive ketones (excluding diaryl/α,β-unsaturated/α-hetero) is 1. The number of furan rings is 1. The number of ether oxygens (including phenoxy) is 1. The topological polar surface area (TPSA) is 68.5 Å². The van der Waals surface area contributed by atoms with E-state index in [1.807, 2.05) is 0 Å². The van der Waals surface area contributed by atoms with E-state index in [0.29, 0.717) is 22.8 Å². The van der Waals surface area contributed by atoms with Crippen LogP contribution in [-0.2, 0) is 0 Å². The first-order valence-corrected chi connectivity index (χ1v) is 6.08. The fourth-order valence-corrected chi connectivity index (χ4v) is 1.75. The minimum atomic E-state index is -0.316. The quantitative estimate of drug-likeness (QED) is 0.869. The number of hydrogen-bond acceptors (Lipinski definition) is 4. The van der Waals surface area contributed by atoms with Gasteiger partial charge < -0.3 is 14.5 Å². The van der Waals surface area contributed by atoms with Gasteiger partial charge in [-0.3, -0.25) is 9.59 Å². The fourth-order valence-electron chi connectivity index (χ4n) is 1.75. The van der Waals surface area contributed by atoms with Gasteiger partial charge in [-0.25, -0.2) is 0 Å². The average Bonchev–Trinajstić information content (AvgIpc) is 2.82. The van der Waals surface area contributed by atoms with Crippen LogP contribution in [0, 0.1) is 6.92 Å². The summed E-state index contributed by atoms with van der Waals surface area (Å²) >= 11 is 0. The Labute approximate surface area is 116 Å². The predicted molar refractivity (Wildman–Crippen MR) is 74.4 cm³/mol. The van der Waals surface area contributed by atoms with E-state index in [2.05, 4.69) is 5.32 Å². The van der Waals surface area contributed by atoms with Gasteiger partial charge in [-0.1, -0.05) is 0 Å². The molecular formula is C15H15NO4. The SMILES string of the molecule is COc1ccc(NC(=O)c2cc(C(C)=O)oc2C)cc1. The Morgan fingerprint density at radius 1 is 1.20 bits per heavy atom. The Morgan fingerprint density at radius 2 is 1.85 bits per heavy atom. The molecule has 0 aliphatic rings. The van der Waals surface area contributed by atoms with Crippen LogP contribution in [0.2, 0.25) is 0 Å². The van der Waals surface area contributed by atoms with Crippen LogP contribution in [0.25, 0.3) is 0 Å². The fraction of sp³-hybridized carbons (Fsp3) is 0.200. The molecule has 1 amide bonds. The summed E-state index contributed by atoms with van der Waals surface area (Å²) in [6.07, 6.45) is 0. The van der Waals surface area contributed by atoms with Gasteiger partial charge in [0.15, 0.2) is 11.5 Å². The normalized spacial score (nSPS) is 10.2. The Kier molecular flexibility index (Phi) is 3.89. The molecule has 0 aliphatic heterocycles. The highest BCUT2D eigenvalue weighted by atomic mass is 16.5. The van der Waals surface area contributed by atoms with Crippen molar-refractivity contribution in [2.75, 3.05) is 12.4 Å². The first-order valence-electron chi connectivity index (χ1n) is 6.08. The van der Waals surface area contributed by atoms with Crippen LogP contribution in [-0.4, -0.2) is 18.8 Å². The number of carbonyl (C=O) groups excluding carboxylic acids is 2. The molecule has 0 saturated carbocycles. The van der Waals surface area contributed by atoms with Gasteiger partial charge in [-0.2, -0.15) is 0 Å². The van der Waals surface area contributed by atoms with Gasteiger partial charge in [0.2, 0.25) is 0 Å². The molecule has 5 heteroatoms. The van der Waals surface area contributed by atoms with E-state index in [0.717, 1.165) is 0 Å². The van der Waals surface area contributed by atoms with Crippen molar-refractivity contribution in [3.8, 4) is 5.75 Å². The number of anilines is 1. The summed E-state index contributed by atoms with van der Waals surface area (Å²) < 4.78 is 10.3. The number of hydrogen-bond donors (Lipinski definition) is 1. The zero-order valence-electron chi connectivity index (χ0n) is 11.5. The predicted octanol–water partition coefficient (Wildman–Crippen LogP) is 3.05. The molecule has 20 heavy (non-hydrogen) atoms. The number of amides is 1. The Balaban J connectivity index is 2.16. The van der Waals surface area contributed by atoms with Crippen molar-refractivity contribution >= 4 is 17.4 Å². The number of nitrogens with one attached hydrogen (secondary N) is 1. The molecule has 1 aromatic carbocycles. The minimum Gasteiger partial charge on any atom is -0.497 e. The Morgan fingerprint density at radius 3 is 2.35 bits per heavy atom. The first-order chi connectivity index (χ1) is 9.51. The van der Waals surface area contributed by atoms with Crippen molar-refractivity contribution in [2.45, 2.75) is 13.8 Å². The molecule has 0 radical (unpaired) electrons. The molecule has 0 spiro atoms. The Bertz CT molecular complexity index is 640. The molecular weight excluding hydrogens is 258 g/mol. The van der Waals surface area contributed by atoms with Gasteiger partial charge in [0.1, 0.15) is 11.5 Å². The molecule has 2 rings (SSSR count). The molecule has 1 aromatic heterocycles. The van der Waals surface area contributed by atoms with Gasteiger partial charge >= 0.3 is 0 Å². The molecule has 0 bridgehead atoms. The van der Waals surface area contributed by atoms with Crippen LogP contribution < -0.4 is 10.1 Å². The second kappa shape index (κ2) is 5.61. The van der Waals surface area contributed by atoms with Crippen molar-refractivity contribution in [1.29, 1.82) is 0 Å². The van der Waals surface area contributed by atoms with Gasteiger partial charge in [-0.15, -0.1) is 0 Å². The van der Waals surface area contributed by atoms with E-state index in [1.165, 1.54) is 13.0 Å². The van der Waals surface area contributed by atoms with Crippen LogP contribution in [0.15, 0.2) is 34.7 Å².